The summed E-state index contributed by atoms with van der Waals surface area (Å²) in [6, 6.07) is 0. The van der Waals surface area contributed by atoms with E-state index in [9.17, 15) is 8.42 Å². The Bertz CT molecular complexity index is 226. The van der Waals surface area contributed by atoms with Gasteiger partial charge >= 0.3 is 0 Å². The van der Waals surface area contributed by atoms with Crippen LogP contribution < -0.4 is 0 Å². The van der Waals surface area contributed by atoms with Crippen LogP contribution in [0.15, 0.2) is 0 Å². The van der Waals surface area contributed by atoms with E-state index in [-0.39, 0.29) is 5.75 Å². The Hall–Kier alpha value is -0.130. The summed E-state index contributed by atoms with van der Waals surface area (Å²) in [6.07, 6.45) is 3.42. The third-order valence-corrected chi connectivity index (χ3v) is 2.89. The number of nitrogens with zero attached hydrogens (tertiary/aromatic N) is 1. The summed E-state index contributed by atoms with van der Waals surface area (Å²) in [6.45, 7) is 6.31. The molecule has 0 saturated carbocycles. The first-order valence-corrected chi connectivity index (χ1v) is 6.78. The highest BCUT2D eigenvalue weighted by atomic mass is 32.2. The number of unbranched alkanes of at least 4 members (excludes halogenated alkanes) is 2. The van der Waals surface area contributed by atoms with Crippen molar-refractivity contribution in [2.75, 3.05) is 25.4 Å². The van der Waals surface area contributed by atoms with Gasteiger partial charge in [-0.1, -0.05) is 26.7 Å². The van der Waals surface area contributed by atoms with Crippen LogP contribution in [0.5, 0.6) is 0 Å². The molecule has 0 aromatic heterocycles. The zero-order valence-corrected chi connectivity index (χ0v) is 9.89. The molecule has 14 heavy (non-hydrogen) atoms. The predicted molar refractivity (Wildman–Crippen MR) is 58.1 cm³/mol. The first-order chi connectivity index (χ1) is 6.49. The SMILES string of the molecule is CCCCCN(CC)CCS(=O)(=O)O. The van der Waals surface area contributed by atoms with Crippen molar-refractivity contribution >= 4 is 10.1 Å². The molecule has 5 heteroatoms. The molecule has 0 rings (SSSR count). The van der Waals surface area contributed by atoms with E-state index in [1.54, 1.807) is 0 Å². The maximum atomic E-state index is 10.5. The topological polar surface area (TPSA) is 57.6 Å². The summed E-state index contributed by atoms with van der Waals surface area (Å²) in [7, 11) is -3.80. The minimum absolute atomic E-state index is 0.160. The summed E-state index contributed by atoms with van der Waals surface area (Å²) in [5.74, 6) is -0.160. The first-order valence-electron chi connectivity index (χ1n) is 5.17. The average molecular weight is 223 g/mol. The molecule has 0 aliphatic carbocycles. The molecule has 0 bridgehead atoms. The van der Waals surface area contributed by atoms with Crippen molar-refractivity contribution in [3.63, 3.8) is 0 Å². The van der Waals surface area contributed by atoms with Crippen molar-refractivity contribution in [1.29, 1.82) is 0 Å². The minimum atomic E-state index is -3.80. The van der Waals surface area contributed by atoms with Crippen LogP contribution in [0.4, 0.5) is 0 Å². The maximum Gasteiger partial charge on any atom is 0.266 e. The lowest BCUT2D eigenvalue weighted by molar-refractivity contribution is 0.295. The van der Waals surface area contributed by atoms with Crippen molar-refractivity contribution in [3.8, 4) is 0 Å². The van der Waals surface area contributed by atoms with Gasteiger partial charge in [0.1, 0.15) is 0 Å². The number of hydrogen-bond acceptors (Lipinski definition) is 3. The molecule has 0 heterocycles. The molecule has 4 nitrogen and oxygen atoms in total. The van der Waals surface area contributed by atoms with Crippen LogP contribution in [-0.2, 0) is 10.1 Å². The van der Waals surface area contributed by atoms with Crippen molar-refractivity contribution in [2.45, 2.75) is 33.1 Å². The van der Waals surface area contributed by atoms with Crippen LogP contribution in [0.25, 0.3) is 0 Å². The lowest BCUT2D eigenvalue weighted by Gasteiger charge is -2.19. The molecule has 0 radical (unpaired) electrons. The van der Waals surface area contributed by atoms with Gasteiger partial charge in [-0.2, -0.15) is 8.42 Å². The Labute approximate surface area is 87.0 Å². The van der Waals surface area contributed by atoms with Crippen molar-refractivity contribution in [3.05, 3.63) is 0 Å². The fourth-order valence-electron chi connectivity index (χ4n) is 1.26. The molecule has 0 aliphatic heterocycles. The highest BCUT2D eigenvalue weighted by molar-refractivity contribution is 7.85. The molecule has 0 aliphatic rings. The molecular weight excluding hydrogens is 202 g/mol. The van der Waals surface area contributed by atoms with Gasteiger partial charge in [-0.25, -0.2) is 0 Å². The molecule has 0 atom stereocenters. The van der Waals surface area contributed by atoms with Gasteiger partial charge in [0.15, 0.2) is 0 Å². The standard InChI is InChI=1S/C9H21NO3S/c1-3-5-6-7-10(4-2)8-9-14(11,12)13/h3-9H2,1-2H3,(H,11,12,13). The smallest absolute Gasteiger partial charge is 0.266 e. The van der Waals surface area contributed by atoms with E-state index in [2.05, 4.69) is 6.92 Å². The molecular formula is C9H21NO3S. The minimum Gasteiger partial charge on any atom is -0.303 e. The van der Waals surface area contributed by atoms with Crippen LogP contribution in [0.2, 0.25) is 0 Å². The molecule has 1 N–H and O–H groups in total. The fourth-order valence-corrected chi connectivity index (χ4v) is 1.75. The zero-order valence-electron chi connectivity index (χ0n) is 9.07. The second-order valence-corrected chi connectivity index (χ2v) is 5.00. The van der Waals surface area contributed by atoms with Gasteiger partial charge in [-0.3, -0.25) is 4.55 Å². The Morgan fingerprint density at radius 1 is 1.14 bits per heavy atom. The van der Waals surface area contributed by atoms with Gasteiger partial charge in [0.05, 0.1) is 5.75 Å². The van der Waals surface area contributed by atoms with Crippen LogP contribution in [0.1, 0.15) is 33.1 Å². The summed E-state index contributed by atoms with van der Waals surface area (Å²) in [5.41, 5.74) is 0. The molecule has 0 unspecified atom stereocenters. The molecule has 0 amide bonds. The quantitative estimate of drug-likeness (QED) is 0.499. The molecule has 0 saturated heterocycles. The van der Waals surface area contributed by atoms with Gasteiger partial charge in [-0.05, 0) is 19.5 Å². The lowest BCUT2D eigenvalue weighted by Crippen LogP contribution is -2.30. The Morgan fingerprint density at radius 2 is 1.79 bits per heavy atom. The van der Waals surface area contributed by atoms with E-state index in [1.165, 1.54) is 6.42 Å². The highest BCUT2D eigenvalue weighted by Crippen LogP contribution is 1.98. The summed E-state index contributed by atoms with van der Waals surface area (Å²) in [4.78, 5) is 2.05. The van der Waals surface area contributed by atoms with Gasteiger partial charge < -0.3 is 4.90 Å². The van der Waals surface area contributed by atoms with E-state index in [4.69, 9.17) is 4.55 Å². The van der Waals surface area contributed by atoms with E-state index < -0.39 is 10.1 Å². The van der Waals surface area contributed by atoms with E-state index in [1.807, 2.05) is 11.8 Å². The van der Waals surface area contributed by atoms with Crippen LogP contribution in [-0.4, -0.2) is 43.3 Å². The molecule has 0 fully saturated rings. The van der Waals surface area contributed by atoms with Crippen LogP contribution in [0, 0.1) is 0 Å². The summed E-state index contributed by atoms with van der Waals surface area (Å²) < 4.78 is 29.6. The largest absolute Gasteiger partial charge is 0.303 e. The summed E-state index contributed by atoms with van der Waals surface area (Å²) in [5, 5.41) is 0. The third-order valence-electron chi connectivity index (χ3n) is 2.19. The monoisotopic (exact) mass is 223 g/mol. The lowest BCUT2D eigenvalue weighted by atomic mass is 10.2. The maximum absolute atomic E-state index is 10.5. The zero-order chi connectivity index (χ0) is 11.0. The fraction of sp³-hybridized carbons (Fsp3) is 1.00. The van der Waals surface area contributed by atoms with E-state index in [0.717, 1.165) is 25.9 Å². The van der Waals surface area contributed by atoms with Gasteiger partial charge in [-0.15, -0.1) is 0 Å². The van der Waals surface area contributed by atoms with Crippen LogP contribution >= 0.6 is 0 Å². The highest BCUT2D eigenvalue weighted by Gasteiger charge is 2.08. The van der Waals surface area contributed by atoms with E-state index >= 15 is 0 Å². The number of rotatable bonds is 8. The Balaban J connectivity index is 3.69. The van der Waals surface area contributed by atoms with Crippen molar-refractivity contribution in [1.82, 2.24) is 4.90 Å². The van der Waals surface area contributed by atoms with Crippen molar-refractivity contribution < 1.29 is 13.0 Å². The van der Waals surface area contributed by atoms with Gasteiger partial charge in [0, 0.05) is 6.54 Å². The second-order valence-electron chi connectivity index (χ2n) is 3.43. The average Bonchev–Trinajstić information content (AvgIpc) is 2.09. The normalized spacial score (nSPS) is 12.3. The molecule has 86 valence electrons. The molecule has 0 spiro atoms. The van der Waals surface area contributed by atoms with Gasteiger partial charge in [0.2, 0.25) is 0 Å². The van der Waals surface area contributed by atoms with Crippen molar-refractivity contribution in [2.24, 2.45) is 0 Å². The predicted octanol–water partition coefficient (Wildman–Crippen LogP) is 1.39. The third kappa shape index (κ3) is 8.47. The van der Waals surface area contributed by atoms with Crippen LogP contribution in [0.3, 0.4) is 0 Å². The second kappa shape index (κ2) is 7.20. The summed E-state index contributed by atoms with van der Waals surface area (Å²) >= 11 is 0. The molecule has 0 aromatic rings. The first kappa shape index (κ1) is 13.9. The Kier molecular flexibility index (Phi) is 7.13. The van der Waals surface area contributed by atoms with E-state index in [0.29, 0.717) is 6.54 Å². The number of hydrogen-bond donors (Lipinski definition) is 1. The Morgan fingerprint density at radius 3 is 2.21 bits per heavy atom. The molecule has 0 aromatic carbocycles. The van der Waals surface area contributed by atoms with Gasteiger partial charge in [0.25, 0.3) is 10.1 Å².